The van der Waals surface area contributed by atoms with Gasteiger partial charge in [0.2, 0.25) is 11.8 Å². The first-order valence-electron chi connectivity index (χ1n) is 11.3. The highest BCUT2D eigenvalue weighted by molar-refractivity contribution is 5.90. The molecule has 0 bridgehead atoms. The summed E-state index contributed by atoms with van der Waals surface area (Å²) in [6.07, 6.45) is 0.814. The molecule has 0 saturated carbocycles. The van der Waals surface area contributed by atoms with Gasteiger partial charge in [-0.05, 0) is 86.8 Å². The van der Waals surface area contributed by atoms with Gasteiger partial charge in [-0.15, -0.1) is 0 Å². The summed E-state index contributed by atoms with van der Waals surface area (Å²) in [7, 11) is 1.64. The van der Waals surface area contributed by atoms with Gasteiger partial charge in [0.15, 0.2) is 0 Å². The first-order chi connectivity index (χ1) is 16.4. The Labute approximate surface area is 200 Å². The number of methoxy groups -OCH3 is 1. The van der Waals surface area contributed by atoms with E-state index in [-0.39, 0.29) is 5.91 Å². The van der Waals surface area contributed by atoms with Crippen LogP contribution in [-0.4, -0.2) is 22.8 Å². The van der Waals surface area contributed by atoms with Crippen LogP contribution >= 0.6 is 0 Å². The molecule has 0 saturated heterocycles. The summed E-state index contributed by atoms with van der Waals surface area (Å²) in [6, 6.07) is 23.3. The van der Waals surface area contributed by atoms with Crippen molar-refractivity contribution in [3.8, 4) is 23.1 Å². The number of ether oxygens (including phenoxy) is 2. The topological polar surface area (TPSA) is 65.4 Å². The van der Waals surface area contributed by atoms with Crippen molar-refractivity contribution in [2.45, 2.75) is 33.6 Å². The molecule has 174 valence electrons. The zero-order valence-electron chi connectivity index (χ0n) is 20.0. The normalized spacial score (nSPS) is 10.7. The van der Waals surface area contributed by atoms with Gasteiger partial charge in [0.1, 0.15) is 11.5 Å². The van der Waals surface area contributed by atoms with Gasteiger partial charge in [0.05, 0.1) is 18.5 Å². The van der Waals surface area contributed by atoms with Gasteiger partial charge in [0, 0.05) is 17.7 Å². The summed E-state index contributed by atoms with van der Waals surface area (Å²) < 4.78 is 13.4. The maximum absolute atomic E-state index is 12.7. The molecule has 0 unspecified atom stereocenters. The lowest BCUT2D eigenvalue weighted by Crippen LogP contribution is -2.12. The molecule has 0 spiro atoms. The first-order valence-corrected chi connectivity index (χ1v) is 11.3. The van der Waals surface area contributed by atoms with E-state index in [4.69, 9.17) is 14.6 Å². The summed E-state index contributed by atoms with van der Waals surface area (Å²) >= 11 is 0. The Morgan fingerprint density at radius 1 is 0.912 bits per heavy atom. The van der Waals surface area contributed by atoms with Gasteiger partial charge in [-0.2, -0.15) is 5.10 Å². The molecule has 3 aromatic carbocycles. The summed E-state index contributed by atoms with van der Waals surface area (Å²) in [6.45, 7) is 5.97. The van der Waals surface area contributed by atoms with Crippen molar-refractivity contribution in [1.82, 2.24) is 9.78 Å². The summed E-state index contributed by atoms with van der Waals surface area (Å²) in [5.41, 5.74) is 5.57. The van der Waals surface area contributed by atoms with Crippen LogP contribution in [0.4, 0.5) is 5.69 Å². The monoisotopic (exact) mass is 455 g/mol. The van der Waals surface area contributed by atoms with E-state index in [2.05, 4.69) is 5.32 Å². The Hall–Kier alpha value is -4.06. The molecule has 4 aromatic rings. The van der Waals surface area contributed by atoms with Crippen LogP contribution < -0.4 is 14.8 Å². The van der Waals surface area contributed by atoms with Crippen molar-refractivity contribution in [1.29, 1.82) is 0 Å². The number of nitrogens with one attached hydrogen (secondary N) is 1. The molecule has 6 heteroatoms. The fourth-order valence-electron chi connectivity index (χ4n) is 3.80. The molecule has 34 heavy (non-hydrogen) atoms. The van der Waals surface area contributed by atoms with Crippen molar-refractivity contribution in [3.63, 3.8) is 0 Å². The fraction of sp³-hybridized carbons (Fsp3) is 0.214. The first kappa shape index (κ1) is 23.1. The molecule has 1 N–H and O–H groups in total. The molecule has 0 fully saturated rings. The van der Waals surface area contributed by atoms with Gasteiger partial charge >= 0.3 is 0 Å². The third-order valence-electron chi connectivity index (χ3n) is 5.56. The predicted octanol–water partition coefficient (Wildman–Crippen LogP) is 6.17. The van der Waals surface area contributed by atoms with Crippen molar-refractivity contribution < 1.29 is 14.3 Å². The van der Waals surface area contributed by atoms with Crippen molar-refractivity contribution >= 4 is 11.6 Å². The second-order valence-electron chi connectivity index (χ2n) is 8.32. The van der Waals surface area contributed by atoms with Gasteiger partial charge in [-0.1, -0.05) is 24.3 Å². The number of carbonyl (C=O) groups is 1. The van der Waals surface area contributed by atoms with E-state index < -0.39 is 0 Å². The Morgan fingerprint density at radius 3 is 2.29 bits per heavy atom. The molecule has 4 rings (SSSR count). The van der Waals surface area contributed by atoms with E-state index in [1.165, 1.54) is 0 Å². The standard InChI is InChI=1S/C28H29N3O3/c1-19-7-5-9-22(17-19)29-27(32)16-15-26-21(3)30-31(23-11-13-24(33-4)14-12-23)28(26)34-25-10-6-8-20(2)18-25/h5-14,17-18H,15-16H2,1-4H3,(H,29,32). The molecule has 6 nitrogen and oxygen atoms in total. The highest BCUT2D eigenvalue weighted by Crippen LogP contribution is 2.32. The Kier molecular flexibility index (Phi) is 6.97. The minimum absolute atomic E-state index is 0.0521. The van der Waals surface area contributed by atoms with Crippen molar-refractivity contribution in [2.24, 2.45) is 0 Å². The molecule has 0 aliphatic rings. The number of hydrogen-bond donors (Lipinski definition) is 1. The lowest BCUT2D eigenvalue weighted by atomic mass is 10.1. The number of amides is 1. The quantitative estimate of drug-likeness (QED) is 0.345. The number of anilines is 1. The second kappa shape index (κ2) is 10.3. The maximum Gasteiger partial charge on any atom is 0.226 e. The van der Waals surface area contributed by atoms with Crippen LogP contribution in [0.5, 0.6) is 17.4 Å². The number of hydrogen-bond acceptors (Lipinski definition) is 4. The molecule has 0 atom stereocenters. The number of aromatic nitrogens is 2. The van der Waals surface area contributed by atoms with Crippen LogP contribution in [0.15, 0.2) is 72.8 Å². The van der Waals surface area contributed by atoms with Crippen LogP contribution in [0.3, 0.4) is 0 Å². The van der Waals surface area contributed by atoms with Crippen LogP contribution in [0.2, 0.25) is 0 Å². The Balaban J connectivity index is 1.62. The Bertz CT molecular complexity index is 1290. The maximum atomic E-state index is 12.7. The average molecular weight is 456 g/mol. The summed E-state index contributed by atoms with van der Waals surface area (Å²) in [5.74, 6) is 2.04. The lowest BCUT2D eigenvalue weighted by Gasteiger charge is -2.12. The average Bonchev–Trinajstić information content (AvgIpc) is 3.12. The van der Waals surface area contributed by atoms with E-state index in [1.54, 1.807) is 11.8 Å². The SMILES string of the molecule is COc1ccc(-n2nc(C)c(CCC(=O)Nc3cccc(C)c3)c2Oc2cccc(C)c2)cc1. The van der Waals surface area contributed by atoms with E-state index >= 15 is 0 Å². The van der Waals surface area contributed by atoms with Gasteiger partial charge < -0.3 is 14.8 Å². The molecule has 0 radical (unpaired) electrons. The van der Waals surface area contributed by atoms with E-state index in [9.17, 15) is 4.79 Å². The highest BCUT2D eigenvalue weighted by atomic mass is 16.5. The molecular weight excluding hydrogens is 426 g/mol. The molecule has 0 aliphatic carbocycles. The lowest BCUT2D eigenvalue weighted by molar-refractivity contribution is -0.116. The van der Waals surface area contributed by atoms with Crippen molar-refractivity contribution in [3.05, 3.63) is 95.2 Å². The van der Waals surface area contributed by atoms with E-state index in [1.807, 2.05) is 93.6 Å². The highest BCUT2D eigenvalue weighted by Gasteiger charge is 2.20. The summed E-state index contributed by atoms with van der Waals surface area (Å²) in [4.78, 5) is 12.7. The van der Waals surface area contributed by atoms with Crippen LogP contribution in [-0.2, 0) is 11.2 Å². The number of aryl methyl sites for hydroxylation is 3. The van der Waals surface area contributed by atoms with Gasteiger partial charge in [0.25, 0.3) is 0 Å². The van der Waals surface area contributed by atoms with Crippen LogP contribution in [0.1, 0.15) is 28.8 Å². The van der Waals surface area contributed by atoms with Gasteiger partial charge in [-0.25, -0.2) is 4.68 Å². The van der Waals surface area contributed by atoms with Crippen LogP contribution in [0.25, 0.3) is 5.69 Å². The molecular formula is C28H29N3O3. The Morgan fingerprint density at radius 2 is 1.62 bits per heavy atom. The summed E-state index contributed by atoms with van der Waals surface area (Å²) in [5, 5.41) is 7.73. The van der Waals surface area contributed by atoms with E-state index in [0.29, 0.717) is 18.7 Å². The smallest absolute Gasteiger partial charge is 0.226 e. The molecule has 0 aliphatic heterocycles. The number of rotatable bonds is 8. The minimum atomic E-state index is -0.0521. The fourth-order valence-corrected chi connectivity index (χ4v) is 3.80. The zero-order valence-corrected chi connectivity index (χ0v) is 20.0. The van der Waals surface area contributed by atoms with E-state index in [0.717, 1.165) is 45.3 Å². The van der Waals surface area contributed by atoms with Crippen molar-refractivity contribution in [2.75, 3.05) is 12.4 Å². The third kappa shape index (κ3) is 5.46. The number of nitrogens with zero attached hydrogens (tertiary/aromatic N) is 2. The zero-order chi connectivity index (χ0) is 24.1. The largest absolute Gasteiger partial charge is 0.497 e. The molecule has 1 heterocycles. The molecule has 1 amide bonds. The minimum Gasteiger partial charge on any atom is -0.497 e. The number of benzene rings is 3. The second-order valence-corrected chi connectivity index (χ2v) is 8.32. The third-order valence-corrected chi connectivity index (χ3v) is 5.56. The van der Waals surface area contributed by atoms with Crippen LogP contribution in [0, 0.1) is 20.8 Å². The molecule has 1 aromatic heterocycles. The number of carbonyl (C=O) groups excluding carboxylic acids is 1. The predicted molar refractivity (Wildman–Crippen MR) is 134 cm³/mol. The van der Waals surface area contributed by atoms with Gasteiger partial charge in [-0.3, -0.25) is 4.79 Å².